The SMILES string of the molecule is CN1C2=CC=C(c3ccc(-c4ccc5c(c4)c4ccccc4n5C)cc3)CC2c2ccccc21. The summed E-state index contributed by atoms with van der Waals surface area (Å²) in [5.41, 5.74) is 12.0. The molecule has 2 heteroatoms. The predicted molar refractivity (Wildman–Crippen MR) is 144 cm³/mol. The molecule has 0 radical (unpaired) electrons. The molecule has 1 aliphatic carbocycles. The Morgan fingerprint density at radius 1 is 0.647 bits per heavy atom. The van der Waals surface area contributed by atoms with Crippen LogP contribution in [0.4, 0.5) is 5.69 Å². The second kappa shape index (κ2) is 7.23. The molecule has 4 aromatic carbocycles. The first-order valence-corrected chi connectivity index (χ1v) is 12.0. The summed E-state index contributed by atoms with van der Waals surface area (Å²) in [6, 6.07) is 33.4. The summed E-state index contributed by atoms with van der Waals surface area (Å²) in [5, 5.41) is 2.63. The highest BCUT2D eigenvalue weighted by Crippen LogP contribution is 2.48. The zero-order chi connectivity index (χ0) is 22.8. The first kappa shape index (κ1) is 19.4. The van der Waals surface area contributed by atoms with Gasteiger partial charge in [-0.05, 0) is 64.6 Å². The second-order valence-corrected chi connectivity index (χ2v) is 9.54. The summed E-state index contributed by atoms with van der Waals surface area (Å²) in [6.07, 6.45) is 5.67. The van der Waals surface area contributed by atoms with E-state index < -0.39 is 0 Å². The maximum Gasteiger partial charge on any atom is 0.0489 e. The standard InChI is InChI=1S/C32H26N2/c1-33-29-9-5-3-7-25(29)27-19-23(15-17-31(27)33)21-11-13-22(14-12-21)24-16-18-32-28(20-24)26-8-4-6-10-30(26)34(32)2/h3-19,28H,20H2,1-2H3. The van der Waals surface area contributed by atoms with E-state index in [9.17, 15) is 0 Å². The molecule has 1 unspecified atom stereocenters. The van der Waals surface area contributed by atoms with Gasteiger partial charge < -0.3 is 9.47 Å². The molecule has 0 amide bonds. The Bertz CT molecular complexity index is 1650. The fourth-order valence-electron chi connectivity index (χ4n) is 5.97. The van der Waals surface area contributed by atoms with E-state index in [2.05, 4.69) is 127 Å². The Balaban J connectivity index is 1.23. The topological polar surface area (TPSA) is 8.17 Å². The van der Waals surface area contributed by atoms with Crippen molar-refractivity contribution in [3.8, 4) is 11.1 Å². The van der Waals surface area contributed by atoms with Crippen molar-refractivity contribution in [3.63, 3.8) is 0 Å². The highest BCUT2D eigenvalue weighted by Gasteiger charge is 2.33. The van der Waals surface area contributed by atoms with E-state index in [4.69, 9.17) is 0 Å². The zero-order valence-corrected chi connectivity index (χ0v) is 19.5. The lowest BCUT2D eigenvalue weighted by Gasteiger charge is -2.23. The molecule has 0 fully saturated rings. The number of aromatic nitrogens is 1. The number of rotatable bonds is 2. The first-order chi connectivity index (χ1) is 16.7. The van der Waals surface area contributed by atoms with Crippen molar-refractivity contribution in [2.45, 2.75) is 12.3 Å². The van der Waals surface area contributed by atoms with Crippen LogP contribution in [0.15, 0.2) is 109 Å². The minimum absolute atomic E-state index is 0.453. The van der Waals surface area contributed by atoms with Crippen LogP contribution in [-0.4, -0.2) is 11.6 Å². The Kier molecular flexibility index (Phi) is 4.13. The van der Waals surface area contributed by atoms with Crippen molar-refractivity contribution in [1.29, 1.82) is 0 Å². The van der Waals surface area contributed by atoms with Gasteiger partial charge >= 0.3 is 0 Å². The van der Waals surface area contributed by atoms with Crippen LogP contribution in [0.1, 0.15) is 23.5 Å². The van der Waals surface area contributed by atoms with Gasteiger partial charge in [0.25, 0.3) is 0 Å². The van der Waals surface area contributed by atoms with Crippen LogP contribution in [-0.2, 0) is 7.05 Å². The fourth-order valence-corrected chi connectivity index (χ4v) is 5.97. The maximum absolute atomic E-state index is 2.35. The lowest BCUT2D eigenvalue weighted by molar-refractivity contribution is 0.824. The zero-order valence-electron chi connectivity index (χ0n) is 19.5. The summed E-state index contributed by atoms with van der Waals surface area (Å²) in [7, 11) is 4.34. The number of nitrogens with zero attached hydrogens (tertiary/aromatic N) is 2. The lowest BCUT2D eigenvalue weighted by Crippen LogP contribution is -2.15. The number of anilines is 1. The molecule has 5 aromatic rings. The van der Waals surface area contributed by atoms with Crippen molar-refractivity contribution in [2.75, 3.05) is 11.9 Å². The van der Waals surface area contributed by atoms with Gasteiger partial charge in [0.15, 0.2) is 0 Å². The Labute approximate surface area is 200 Å². The Morgan fingerprint density at radius 2 is 1.35 bits per heavy atom. The molecule has 1 aliphatic heterocycles. The number of fused-ring (bicyclic) bond motifs is 6. The highest BCUT2D eigenvalue weighted by atomic mass is 15.1. The number of benzene rings is 4. The summed E-state index contributed by atoms with van der Waals surface area (Å²) in [6.45, 7) is 0. The number of hydrogen-bond donors (Lipinski definition) is 0. The van der Waals surface area contributed by atoms with Crippen molar-refractivity contribution in [3.05, 3.63) is 120 Å². The molecule has 0 saturated carbocycles. The fraction of sp³-hybridized carbons (Fsp3) is 0.125. The lowest BCUT2D eigenvalue weighted by atomic mass is 9.85. The largest absolute Gasteiger partial charge is 0.347 e. The predicted octanol–water partition coefficient (Wildman–Crippen LogP) is 7.90. The normalized spacial score (nSPS) is 17.0. The van der Waals surface area contributed by atoms with Gasteiger partial charge in [-0.25, -0.2) is 0 Å². The third-order valence-electron chi connectivity index (χ3n) is 7.80. The Hall–Kier alpha value is -4.04. The van der Waals surface area contributed by atoms with Crippen LogP contribution in [0.25, 0.3) is 38.5 Å². The molecule has 7 rings (SSSR count). The first-order valence-electron chi connectivity index (χ1n) is 12.0. The van der Waals surface area contributed by atoms with Gasteiger partial charge in [0.2, 0.25) is 0 Å². The van der Waals surface area contributed by atoms with E-state index in [1.807, 2.05) is 0 Å². The summed E-state index contributed by atoms with van der Waals surface area (Å²) in [5.74, 6) is 0.453. The van der Waals surface area contributed by atoms with Crippen molar-refractivity contribution in [2.24, 2.45) is 7.05 Å². The smallest absolute Gasteiger partial charge is 0.0489 e. The molecule has 0 saturated heterocycles. The molecular formula is C32H26N2. The van der Waals surface area contributed by atoms with Crippen LogP contribution in [0.3, 0.4) is 0 Å². The average molecular weight is 439 g/mol. The van der Waals surface area contributed by atoms with E-state index in [1.165, 1.54) is 61.0 Å². The maximum atomic E-state index is 2.35. The van der Waals surface area contributed by atoms with Gasteiger partial charge in [-0.1, -0.05) is 72.8 Å². The van der Waals surface area contributed by atoms with Crippen LogP contribution < -0.4 is 4.90 Å². The quantitative estimate of drug-likeness (QED) is 0.272. The third-order valence-corrected chi connectivity index (χ3v) is 7.80. The monoisotopic (exact) mass is 438 g/mol. The van der Waals surface area contributed by atoms with Gasteiger partial charge in [0.1, 0.15) is 0 Å². The highest BCUT2D eigenvalue weighted by molar-refractivity contribution is 6.09. The number of likely N-dealkylation sites (N-methyl/N-ethyl adjacent to an activating group) is 1. The second-order valence-electron chi connectivity index (χ2n) is 9.54. The van der Waals surface area contributed by atoms with Gasteiger partial charge in [-0.15, -0.1) is 0 Å². The van der Waals surface area contributed by atoms with Crippen LogP contribution >= 0.6 is 0 Å². The van der Waals surface area contributed by atoms with Crippen molar-refractivity contribution >= 4 is 33.1 Å². The van der Waals surface area contributed by atoms with Crippen LogP contribution in [0, 0.1) is 0 Å². The molecule has 0 bridgehead atoms. The number of para-hydroxylation sites is 2. The molecule has 0 spiro atoms. The molecule has 1 aromatic heterocycles. The molecule has 2 aliphatic rings. The van der Waals surface area contributed by atoms with E-state index in [1.54, 1.807) is 0 Å². The molecule has 2 nitrogen and oxygen atoms in total. The molecule has 164 valence electrons. The Morgan fingerprint density at radius 3 is 2.24 bits per heavy atom. The van der Waals surface area contributed by atoms with E-state index in [-0.39, 0.29) is 0 Å². The van der Waals surface area contributed by atoms with Crippen molar-refractivity contribution < 1.29 is 0 Å². The van der Waals surface area contributed by atoms with Crippen LogP contribution in [0.2, 0.25) is 0 Å². The van der Waals surface area contributed by atoms with E-state index >= 15 is 0 Å². The summed E-state index contributed by atoms with van der Waals surface area (Å²) >= 11 is 0. The van der Waals surface area contributed by atoms with Gasteiger partial charge in [0, 0.05) is 53.2 Å². The molecular weight excluding hydrogens is 412 g/mol. The van der Waals surface area contributed by atoms with Crippen molar-refractivity contribution in [1.82, 2.24) is 4.57 Å². The van der Waals surface area contributed by atoms with E-state index in [0.29, 0.717) is 5.92 Å². The number of allylic oxidation sites excluding steroid dienone is 4. The van der Waals surface area contributed by atoms with Crippen LogP contribution in [0.5, 0.6) is 0 Å². The van der Waals surface area contributed by atoms with Gasteiger partial charge in [-0.2, -0.15) is 0 Å². The average Bonchev–Trinajstić information content (AvgIpc) is 3.35. The molecule has 34 heavy (non-hydrogen) atoms. The van der Waals surface area contributed by atoms with Gasteiger partial charge in [-0.3, -0.25) is 0 Å². The minimum atomic E-state index is 0.453. The number of hydrogen-bond acceptors (Lipinski definition) is 1. The van der Waals surface area contributed by atoms with E-state index in [0.717, 1.165) is 6.42 Å². The third kappa shape index (κ3) is 2.75. The minimum Gasteiger partial charge on any atom is -0.347 e. The molecule has 0 N–H and O–H groups in total. The molecule has 1 atom stereocenters. The summed E-state index contributed by atoms with van der Waals surface area (Å²) < 4.78 is 2.29. The van der Waals surface area contributed by atoms with Gasteiger partial charge in [0.05, 0.1) is 0 Å². The number of aryl methyl sites for hydroxylation is 1. The molecule has 2 heterocycles. The summed E-state index contributed by atoms with van der Waals surface area (Å²) in [4.78, 5) is 2.35.